The number of ether oxygens (including phenoxy) is 1. The van der Waals surface area contributed by atoms with Crippen LogP contribution in [0.1, 0.15) is 13.8 Å². The lowest BCUT2D eigenvalue weighted by molar-refractivity contribution is -0.133. The van der Waals surface area contributed by atoms with Crippen molar-refractivity contribution < 1.29 is 9.53 Å². The van der Waals surface area contributed by atoms with E-state index in [4.69, 9.17) is 0 Å². The molecule has 0 radical (unpaired) electrons. The quantitative estimate of drug-likeness (QED) is 0.286. The van der Waals surface area contributed by atoms with Gasteiger partial charge in [0.1, 0.15) is 0 Å². The van der Waals surface area contributed by atoms with E-state index >= 15 is 0 Å². The van der Waals surface area contributed by atoms with Crippen molar-refractivity contribution in [3.63, 3.8) is 0 Å². The molecule has 0 aliphatic heterocycles. The van der Waals surface area contributed by atoms with Crippen LogP contribution < -0.4 is 0 Å². The van der Waals surface area contributed by atoms with Crippen molar-refractivity contribution in [3.8, 4) is 0 Å². The summed E-state index contributed by atoms with van der Waals surface area (Å²) in [6.07, 6.45) is 6.11. The van der Waals surface area contributed by atoms with Gasteiger partial charge in [0.15, 0.2) is 0 Å². The molecule has 2 heteroatoms. The minimum Gasteiger partial charge on any atom is -0.432 e. The van der Waals surface area contributed by atoms with Gasteiger partial charge >= 0.3 is 5.97 Å². The fourth-order valence-electron chi connectivity index (χ4n) is 0.773. The van der Waals surface area contributed by atoms with Gasteiger partial charge in [0.25, 0.3) is 0 Å². The van der Waals surface area contributed by atoms with Crippen molar-refractivity contribution in [2.45, 2.75) is 13.8 Å². The molecule has 13 heavy (non-hydrogen) atoms. The van der Waals surface area contributed by atoms with E-state index in [0.717, 1.165) is 11.8 Å². The zero-order valence-electron chi connectivity index (χ0n) is 8.04. The summed E-state index contributed by atoms with van der Waals surface area (Å²) >= 11 is 0. The summed E-state index contributed by atoms with van der Waals surface area (Å²) < 4.78 is 4.65. The van der Waals surface area contributed by atoms with Crippen molar-refractivity contribution in [1.29, 1.82) is 0 Å². The maximum atomic E-state index is 11.3. The summed E-state index contributed by atoms with van der Waals surface area (Å²) in [5, 5.41) is 0. The van der Waals surface area contributed by atoms with Crippen molar-refractivity contribution >= 4 is 5.97 Å². The average Bonchev–Trinajstić information content (AvgIpc) is 2.13. The fraction of sp³-hybridized carbons (Fsp3) is 0.182. The SMILES string of the molecule is C=C/C=C(C(=O)OC=C)\C(C)=C/C. The smallest absolute Gasteiger partial charge is 0.343 e. The molecule has 0 aliphatic rings. The van der Waals surface area contributed by atoms with Crippen LogP contribution in [0.15, 0.2) is 48.8 Å². The van der Waals surface area contributed by atoms with Crippen LogP contribution in [-0.4, -0.2) is 5.97 Å². The fourth-order valence-corrected chi connectivity index (χ4v) is 0.773. The van der Waals surface area contributed by atoms with Crippen LogP contribution >= 0.6 is 0 Å². The zero-order valence-corrected chi connectivity index (χ0v) is 8.04. The van der Waals surface area contributed by atoms with Crippen molar-refractivity contribution in [2.75, 3.05) is 0 Å². The van der Waals surface area contributed by atoms with Gasteiger partial charge < -0.3 is 4.74 Å². The second-order valence-corrected chi connectivity index (χ2v) is 2.36. The second-order valence-electron chi connectivity index (χ2n) is 2.36. The first-order valence-corrected chi connectivity index (χ1v) is 3.95. The van der Waals surface area contributed by atoms with Gasteiger partial charge in [-0.2, -0.15) is 0 Å². The Morgan fingerprint density at radius 3 is 2.38 bits per heavy atom. The number of allylic oxidation sites excluding steroid dienone is 3. The van der Waals surface area contributed by atoms with Crippen LogP contribution in [0.2, 0.25) is 0 Å². The van der Waals surface area contributed by atoms with Crippen LogP contribution in [0, 0.1) is 0 Å². The molecule has 0 bridgehead atoms. The molecule has 70 valence electrons. The Morgan fingerprint density at radius 1 is 1.38 bits per heavy atom. The van der Waals surface area contributed by atoms with Crippen LogP contribution in [0.25, 0.3) is 0 Å². The summed E-state index contributed by atoms with van der Waals surface area (Å²) in [4.78, 5) is 11.3. The van der Waals surface area contributed by atoms with Crippen molar-refractivity contribution in [3.05, 3.63) is 48.8 Å². The normalized spacial score (nSPS) is 12.2. The predicted molar refractivity (Wildman–Crippen MR) is 54.0 cm³/mol. The van der Waals surface area contributed by atoms with E-state index in [9.17, 15) is 4.79 Å². The number of hydrogen-bond donors (Lipinski definition) is 0. The molecule has 0 fully saturated rings. The third-order valence-electron chi connectivity index (χ3n) is 1.55. The Balaban J connectivity index is 4.82. The average molecular weight is 178 g/mol. The van der Waals surface area contributed by atoms with E-state index in [-0.39, 0.29) is 0 Å². The Morgan fingerprint density at radius 2 is 2.00 bits per heavy atom. The Bertz CT molecular complexity index is 270. The molecular weight excluding hydrogens is 164 g/mol. The van der Waals surface area contributed by atoms with E-state index in [2.05, 4.69) is 17.9 Å². The highest BCUT2D eigenvalue weighted by Gasteiger charge is 2.09. The number of carbonyl (C=O) groups excluding carboxylic acids is 1. The van der Waals surface area contributed by atoms with Crippen molar-refractivity contribution in [1.82, 2.24) is 0 Å². The molecule has 0 rings (SSSR count). The monoisotopic (exact) mass is 178 g/mol. The van der Waals surface area contributed by atoms with Gasteiger partial charge in [-0.25, -0.2) is 4.79 Å². The van der Waals surface area contributed by atoms with Crippen LogP contribution in [0.5, 0.6) is 0 Å². The summed E-state index contributed by atoms with van der Waals surface area (Å²) in [5.74, 6) is -0.412. The Hall–Kier alpha value is -1.57. The van der Waals surface area contributed by atoms with Crippen molar-refractivity contribution in [2.24, 2.45) is 0 Å². The molecular formula is C11H14O2. The van der Waals surface area contributed by atoms with Crippen LogP contribution in [-0.2, 0) is 9.53 Å². The third-order valence-corrected chi connectivity index (χ3v) is 1.55. The number of rotatable bonds is 4. The number of carbonyl (C=O) groups is 1. The topological polar surface area (TPSA) is 26.3 Å². The number of esters is 1. The second kappa shape index (κ2) is 6.00. The zero-order chi connectivity index (χ0) is 10.3. The molecule has 0 saturated heterocycles. The minimum absolute atomic E-state index is 0.412. The lowest BCUT2D eigenvalue weighted by Crippen LogP contribution is -2.04. The highest BCUT2D eigenvalue weighted by Crippen LogP contribution is 2.11. The maximum absolute atomic E-state index is 11.3. The van der Waals surface area contributed by atoms with Gasteiger partial charge in [-0.3, -0.25) is 0 Å². The standard InChI is InChI=1S/C11H14O2/c1-5-8-10(9(4)6-2)11(12)13-7-3/h5-8H,1,3H2,2,4H3/b9-6-,10-8+. The molecule has 0 aromatic heterocycles. The summed E-state index contributed by atoms with van der Waals surface area (Å²) in [6.45, 7) is 10.5. The first kappa shape index (κ1) is 11.4. The summed E-state index contributed by atoms with van der Waals surface area (Å²) in [6, 6.07) is 0. The molecule has 0 heterocycles. The summed E-state index contributed by atoms with van der Waals surface area (Å²) in [7, 11) is 0. The highest BCUT2D eigenvalue weighted by molar-refractivity contribution is 5.93. The number of hydrogen-bond acceptors (Lipinski definition) is 2. The molecule has 0 aromatic carbocycles. The first-order valence-electron chi connectivity index (χ1n) is 3.95. The van der Waals surface area contributed by atoms with Crippen LogP contribution in [0.3, 0.4) is 0 Å². The van der Waals surface area contributed by atoms with E-state index < -0.39 is 5.97 Å². The molecule has 0 unspecified atom stereocenters. The largest absolute Gasteiger partial charge is 0.432 e. The molecule has 0 amide bonds. The molecule has 2 nitrogen and oxygen atoms in total. The van der Waals surface area contributed by atoms with Gasteiger partial charge in [-0.05, 0) is 25.5 Å². The highest BCUT2D eigenvalue weighted by atomic mass is 16.5. The van der Waals surface area contributed by atoms with Gasteiger partial charge in [0, 0.05) is 0 Å². The van der Waals surface area contributed by atoms with Gasteiger partial charge in [0.05, 0.1) is 11.8 Å². The Kier molecular flexibility index (Phi) is 5.28. The minimum atomic E-state index is -0.412. The molecule has 0 aromatic rings. The Labute approximate surface area is 78.9 Å². The third kappa shape index (κ3) is 3.56. The molecule has 0 saturated carbocycles. The lowest BCUT2D eigenvalue weighted by atomic mass is 10.1. The maximum Gasteiger partial charge on any atom is 0.343 e. The van der Waals surface area contributed by atoms with E-state index in [0.29, 0.717) is 5.57 Å². The van der Waals surface area contributed by atoms with E-state index in [1.54, 1.807) is 12.2 Å². The van der Waals surface area contributed by atoms with E-state index in [1.807, 2.05) is 19.9 Å². The first-order chi connectivity index (χ1) is 6.17. The lowest BCUT2D eigenvalue weighted by Gasteiger charge is -2.03. The molecule has 0 aliphatic carbocycles. The van der Waals surface area contributed by atoms with Gasteiger partial charge in [-0.1, -0.05) is 25.3 Å². The molecule has 0 N–H and O–H groups in total. The van der Waals surface area contributed by atoms with Crippen LogP contribution in [0.4, 0.5) is 0 Å². The summed E-state index contributed by atoms with van der Waals surface area (Å²) in [5.41, 5.74) is 1.35. The molecule has 0 spiro atoms. The van der Waals surface area contributed by atoms with Gasteiger partial charge in [-0.15, -0.1) is 0 Å². The predicted octanol–water partition coefficient (Wildman–Crippen LogP) is 2.75. The van der Waals surface area contributed by atoms with Gasteiger partial charge in [0.2, 0.25) is 0 Å². The van der Waals surface area contributed by atoms with E-state index in [1.165, 1.54) is 0 Å². The molecule has 0 atom stereocenters.